The van der Waals surface area contributed by atoms with Crippen molar-refractivity contribution >= 4 is 21.8 Å². The molecule has 8 aromatic carbocycles. The maximum absolute atomic E-state index is 14.4. The van der Waals surface area contributed by atoms with Gasteiger partial charge in [0, 0.05) is 27.5 Å². The molecule has 0 saturated carbocycles. The van der Waals surface area contributed by atoms with Gasteiger partial charge in [-0.05, 0) is 89.7 Å². The van der Waals surface area contributed by atoms with Crippen LogP contribution in [0.25, 0.3) is 95.0 Å². The number of aryl methyl sites for hydroxylation is 2. The Balaban J connectivity index is 1.32. The highest BCUT2D eigenvalue weighted by Crippen LogP contribution is 2.43. The topological polar surface area (TPSA) is 43.6 Å². The van der Waals surface area contributed by atoms with Crippen molar-refractivity contribution in [1.29, 1.82) is 0 Å². The van der Waals surface area contributed by atoms with Gasteiger partial charge in [-0.15, -0.1) is 0 Å². The van der Waals surface area contributed by atoms with Crippen molar-refractivity contribution < 1.29 is 26.3 Å². The largest absolute Gasteiger partial charge is 0.416 e. The van der Waals surface area contributed by atoms with Crippen molar-refractivity contribution in [2.45, 2.75) is 26.2 Å². The third-order valence-corrected chi connectivity index (χ3v) is 11.6. The molecule has 4 nitrogen and oxygen atoms in total. The lowest BCUT2D eigenvalue weighted by Gasteiger charge is -2.18. The molecular formula is C55H36F6N4. The number of nitrogens with zero attached hydrogens (tertiary/aromatic N) is 4. The predicted octanol–water partition coefficient (Wildman–Crippen LogP) is 15.6. The Morgan fingerprint density at radius 3 is 1.20 bits per heavy atom. The molecule has 0 fully saturated rings. The fraction of sp³-hybridized carbons (Fsp3) is 0.0727. The zero-order chi connectivity index (χ0) is 45.0. The first-order valence-corrected chi connectivity index (χ1v) is 20.8. The van der Waals surface area contributed by atoms with E-state index in [0.29, 0.717) is 22.9 Å². The first-order valence-electron chi connectivity index (χ1n) is 20.8. The van der Waals surface area contributed by atoms with Gasteiger partial charge >= 0.3 is 12.4 Å². The second-order valence-electron chi connectivity index (χ2n) is 16.1. The minimum absolute atomic E-state index is 0.125. The van der Waals surface area contributed by atoms with Crippen molar-refractivity contribution in [1.82, 2.24) is 19.5 Å². The molecule has 0 atom stereocenters. The van der Waals surface area contributed by atoms with Crippen LogP contribution in [0.3, 0.4) is 0 Å². The van der Waals surface area contributed by atoms with Crippen LogP contribution in [-0.2, 0) is 12.4 Å². The monoisotopic (exact) mass is 866 g/mol. The molecule has 318 valence electrons. The summed E-state index contributed by atoms with van der Waals surface area (Å²) >= 11 is 0. The molecule has 0 amide bonds. The van der Waals surface area contributed by atoms with Gasteiger partial charge < -0.3 is 4.57 Å². The number of hydrogen-bond donors (Lipinski definition) is 0. The third-order valence-electron chi connectivity index (χ3n) is 11.6. The van der Waals surface area contributed by atoms with Gasteiger partial charge in [-0.2, -0.15) is 26.3 Å². The van der Waals surface area contributed by atoms with Gasteiger partial charge in [-0.25, -0.2) is 15.0 Å². The Hall–Kier alpha value is -7.85. The van der Waals surface area contributed by atoms with Gasteiger partial charge in [0.1, 0.15) is 0 Å². The summed E-state index contributed by atoms with van der Waals surface area (Å²) in [5, 5.41) is 1.76. The zero-order valence-corrected chi connectivity index (χ0v) is 34.9. The van der Waals surface area contributed by atoms with Crippen molar-refractivity contribution in [3.05, 3.63) is 204 Å². The summed E-state index contributed by atoms with van der Waals surface area (Å²) in [7, 11) is 0. The van der Waals surface area contributed by atoms with E-state index in [4.69, 9.17) is 15.0 Å². The number of halogens is 6. The van der Waals surface area contributed by atoms with Crippen molar-refractivity contribution in [3.63, 3.8) is 0 Å². The molecule has 65 heavy (non-hydrogen) atoms. The predicted molar refractivity (Wildman–Crippen MR) is 246 cm³/mol. The highest BCUT2D eigenvalue weighted by atomic mass is 19.4. The average Bonchev–Trinajstić information content (AvgIpc) is 3.64. The maximum atomic E-state index is 14.4. The van der Waals surface area contributed by atoms with Crippen LogP contribution in [-0.4, -0.2) is 19.5 Å². The van der Waals surface area contributed by atoms with Gasteiger partial charge in [0.05, 0.1) is 27.8 Å². The van der Waals surface area contributed by atoms with E-state index < -0.39 is 23.5 Å². The standard InChI is InChI=1S/C55H36F6N4/c1-33-13-17-35(18-14-33)39-21-24-45-46-25-22-40(36-19-15-34(2)16-20-36)30-49(46)65(48(45)29-39)50-31-41(42-27-43(54(56,57)58)32-44(28-42)55(59,60)61)23-26-47(50)53-63-51(37-9-5-3-6-10-37)62-52(64-53)38-11-7-4-8-12-38/h3-32H,1-2H3. The molecule has 0 aliphatic heterocycles. The molecular weight excluding hydrogens is 831 g/mol. The molecule has 10 aromatic rings. The third kappa shape index (κ3) is 8.03. The lowest BCUT2D eigenvalue weighted by Crippen LogP contribution is -2.11. The quantitative estimate of drug-likeness (QED) is 0.150. The van der Waals surface area contributed by atoms with Crippen LogP contribution < -0.4 is 0 Å². The first-order chi connectivity index (χ1) is 31.3. The summed E-state index contributed by atoms with van der Waals surface area (Å²) in [5.41, 5.74) is 6.81. The zero-order valence-electron chi connectivity index (χ0n) is 34.9. The second-order valence-corrected chi connectivity index (χ2v) is 16.1. The van der Waals surface area contributed by atoms with E-state index >= 15 is 0 Å². The Morgan fingerprint density at radius 1 is 0.354 bits per heavy atom. The second kappa shape index (κ2) is 16.1. The van der Waals surface area contributed by atoms with Crippen molar-refractivity contribution in [2.24, 2.45) is 0 Å². The molecule has 10 heteroatoms. The van der Waals surface area contributed by atoms with E-state index in [2.05, 4.69) is 12.1 Å². The minimum atomic E-state index is -5.04. The lowest BCUT2D eigenvalue weighted by atomic mass is 9.97. The molecule has 0 spiro atoms. The number of benzene rings is 8. The fourth-order valence-electron chi connectivity index (χ4n) is 8.27. The molecule has 2 heterocycles. The minimum Gasteiger partial charge on any atom is -0.308 e. The molecule has 0 unspecified atom stereocenters. The van der Waals surface area contributed by atoms with Crippen LogP contribution in [0.5, 0.6) is 0 Å². The molecule has 0 radical (unpaired) electrons. The summed E-state index contributed by atoms with van der Waals surface area (Å²) in [6.45, 7) is 4.03. The van der Waals surface area contributed by atoms with Crippen LogP contribution in [0.4, 0.5) is 26.3 Å². The van der Waals surface area contributed by atoms with Crippen LogP contribution in [0.2, 0.25) is 0 Å². The Labute approximate surface area is 370 Å². The average molecular weight is 867 g/mol. The van der Waals surface area contributed by atoms with E-state index in [1.807, 2.05) is 152 Å². The molecule has 2 aromatic heterocycles. The number of alkyl halides is 6. The normalized spacial score (nSPS) is 12.0. The number of fused-ring (bicyclic) bond motifs is 3. The SMILES string of the molecule is Cc1ccc(-c2ccc3c4ccc(-c5ccc(C)cc5)cc4n(-c4cc(-c5cc(C(F)(F)F)cc(C(F)(F)F)c5)ccc4-c4nc(-c5ccccc5)nc(-c5ccccc5)n4)c3c2)cc1. The summed E-state index contributed by atoms with van der Waals surface area (Å²) < 4.78 is 88.1. The van der Waals surface area contributed by atoms with Crippen LogP contribution in [0.15, 0.2) is 182 Å². The molecule has 0 aliphatic carbocycles. The van der Waals surface area contributed by atoms with Crippen LogP contribution in [0, 0.1) is 13.8 Å². The highest BCUT2D eigenvalue weighted by Gasteiger charge is 2.37. The Kier molecular flexibility index (Phi) is 10.2. The molecule has 10 rings (SSSR count). The van der Waals surface area contributed by atoms with Crippen LogP contribution >= 0.6 is 0 Å². The number of hydrogen-bond acceptors (Lipinski definition) is 3. The fourth-order valence-corrected chi connectivity index (χ4v) is 8.27. The summed E-state index contributed by atoms with van der Waals surface area (Å²) in [6.07, 6.45) is -10.1. The van der Waals surface area contributed by atoms with E-state index in [9.17, 15) is 26.3 Å². The number of aromatic nitrogens is 4. The van der Waals surface area contributed by atoms with E-state index in [1.54, 1.807) is 12.1 Å². The van der Waals surface area contributed by atoms with Crippen LogP contribution in [0.1, 0.15) is 22.3 Å². The van der Waals surface area contributed by atoms with Gasteiger partial charge in [-0.3, -0.25) is 0 Å². The Bertz CT molecular complexity index is 3200. The first kappa shape index (κ1) is 41.2. The Morgan fingerprint density at radius 2 is 0.754 bits per heavy atom. The summed E-state index contributed by atoms with van der Waals surface area (Å²) in [5.74, 6) is 1.00. The summed E-state index contributed by atoms with van der Waals surface area (Å²) in [4.78, 5) is 15.0. The molecule has 0 aliphatic rings. The smallest absolute Gasteiger partial charge is 0.308 e. The summed E-state index contributed by atoms with van der Waals surface area (Å²) in [6, 6.07) is 53.9. The molecule has 0 N–H and O–H groups in total. The molecule has 0 saturated heterocycles. The van der Waals surface area contributed by atoms with Gasteiger partial charge in [-0.1, -0.05) is 151 Å². The van der Waals surface area contributed by atoms with Gasteiger partial charge in [0.25, 0.3) is 0 Å². The van der Waals surface area contributed by atoms with Gasteiger partial charge in [0.15, 0.2) is 17.5 Å². The maximum Gasteiger partial charge on any atom is 0.416 e. The van der Waals surface area contributed by atoms with E-state index in [-0.39, 0.29) is 23.0 Å². The van der Waals surface area contributed by atoms with Crippen molar-refractivity contribution in [3.8, 4) is 73.2 Å². The van der Waals surface area contributed by atoms with E-state index in [0.717, 1.165) is 78.4 Å². The number of rotatable bonds is 7. The lowest BCUT2D eigenvalue weighted by molar-refractivity contribution is -0.143. The highest BCUT2D eigenvalue weighted by molar-refractivity contribution is 6.11. The van der Waals surface area contributed by atoms with E-state index in [1.165, 1.54) is 6.07 Å². The molecule has 0 bridgehead atoms. The van der Waals surface area contributed by atoms with Gasteiger partial charge in [0.2, 0.25) is 0 Å². The van der Waals surface area contributed by atoms with Crippen molar-refractivity contribution in [2.75, 3.05) is 0 Å².